The Morgan fingerprint density at radius 3 is 2.64 bits per heavy atom. The van der Waals surface area contributed by atoms with Crippen molar-refractivity contribution in [3.05, 3.63) is 65.2 Å². The van der Waals surface area contributed by atoms with E-state index in [9.17, 15) is 4.79 Å². The van der Waals surface area contributed by atoms with Crippen LogP contribution in [0.4, 0.5) is 0 Å². The number of carbonyl (C=O) groups is 1. The van der Waals surface area contributed by atoms with E-state index in [4.69, 9.17) is 4.74 Å². The van der Waals surface area contributed by atoms with Gasteiger partial charge in [-0.1, -0.05) is 36.4 Å². The molecule has 4 heteroatoms. The third-order valence-corrected chi connectivity index (χ3v) is 6.27. The first-order valence-electron chi connectivity index (χ1n) is 10.5. The van der Waals surface area contributed by atoms with Crippen LogP contribution < -0.4 is 10.1 Å². The van der Waals surface area contributed by atoms with Crippen LogP contribution in [-0.4, -0.2) is 31.0 Å². The summed E-state index contributed by atoms with van der Waals surface area (Å²) in [5.74, 6) is 1.82. The minimum absolute atomic E-state index is 0.114. The number of ether oxygens (including phenoxy) is 1. The lowest BCUT2D eigenvalue weighted by atomic mass is 9.88. The Morgan fingerprint density at radius 2 is 1.89 bits per heavy atom. The second-order valence-electron chi connectivity index (χ2n) is 8.02. The van der Waals surface area contributed by atoms with Crippen LogP contribution in [0.2, 0.25) is 0 Å². The SMILES string of the molecule is COc1ccc2c(c1)CN(C(=O)CCC1CCNCC1)C(c1ccccc1)C2. The number of carbonyl (C=O) groups excluding carboxylic acids is 1. The molecule has 4 nitrogen and oxygen atoms in total. The number of hydrogen-bond acceptors (Lipinski definition) is 3. The van der Waals surface area contributed by atoms with Gasteiger partial charge in [-0.25, -0.2) is 0 Å². The maximum atomic E-state index is 13.3. The molecule has 4 rings (SSSR count). The summed E-state index contributed by atoms with van der Waals surface area (Å²) < 4.78 is 5.40. The molecule has 1 fully saturated rings. The number of rotatable bonds is 5. The number of methoxy groups -OCH3 is 1. The fraction of sp³-hybridized carbons (Fsp3) is 0.458. The normalized spacial score (nSPS) is 19.9. The molecule has 0 saturated carbocycles. The van der Waals surface area contributed by atoms with E-state index in [-0.39, 0.29) is 11.9 Å². The van der Waals surface area contributed by atoms with Gasteiger partial charge in [0, 0.05) is 13.0 Å². The Labute approximate surface area is 167 Å². The quantitative estimate of drug-likeness (QED) is 0.852. The number of nitrogens with zero attached hydrogens (tertiary/aromatic N) is 1. The fourth-order valence-corrected chi connectivity index (χ4v) is 4.56. The van der Waals surface area contributed by atoms with Crippen LogP contribution in [0, 0.1) is 5.92 Å². The topological polar surface area (TPSA) is 41.6 Å². The van der Waals surface area contributed by atoms with Crippen LogP contribution >= 0.6 is 0 Å². The lowest BCUT2D eigenvalue weighted by Gasteiger charge is -2.38. The molecule has 0 aliphatic carbocycles. The molecular formula is C24H30N2O2. The predicted molar refractivity (Wildman–Crippen MR) is 111 cm³/mol. The number of amides is 1. The van der Waals surface area contributed by atoms with Gasteiger partial charge < -0.3 is 15.0 Å². The summed E-state index contributed by atoms with van der Waals surface area (Å²) in [4.78, 5) is 15.4. The molecule has 1 amide bonds. The zero-order valence-electron chi connectivity index (χ0n) is 16.7. The zero-order chi connectivity index (χ0) is 19.3. The van der Waals surface area contributed by atoms with E-state index in [1.807, 2.05) is 12.1 Å². The van der Waals surface area contributed by atoms with E-state index in [2.05, 4.69) is 46.6 Å². The highest BCUT2D eigenvalue weighted by atomic mass is 16.5. The highest BCUT2D eigenvalue weighted by Gasteiger charge is 2.31. The maximum Gasteiger partial charge on any atom is 0.223 e. The Hall–Kier alpha value is -2.33. The Balaban J connectivity index is 1.54. The molecule has 28 heavy (non-hydrogen) atoms. The fourth-order valence-electron chi connectivity index (χ4n) is 4.56. The third-order valence-electron chi connectivity index (χ3n) is 6.27. The predicted octanol–water partition coefficient (Wildman–Crippen LogP) is 4.10. The van der Waals surface area contributed by atoms with E-state index < -0.39 is 0 Å². The van der Waals surface area contributed by atoms with Crippen molar-refractivity contribution in [2.45, 2.75) is 44.7 Å². The van der Waals surface area contributed by atoms with E-state index in [0.717, 1.165) is 31.7 Å². The van der Waals surface area contributed by atoms with E-state index in [1.54, 1.807) is 7.11 Å². The van der Waals surface area contributed by atoms with Crippen LogP contribution in [0.25, 0.3) is 0 Å². The molecule has 148 valence electrons. The second-order valence-corrected chi connectivity index (χ2v) is 8.02. The molecule has 0 bridgehead atoms. The molecule has 1 saturated heterocycles. The molecule has 1 unspecified atom stereocenters. The number of fused-ring (bicyclic) bond motifs is 1. The summed E-state index contributed by atoms with van der Waals surface area (Å²) in [7, 11) is 1.69. The molecule has 1 atom stereocenters. The average Bonchev–Trinajstić information content (AvgIpc) is 2.77. The van der Waals surface area contributed by atoms with E-state index in [1.165, 1.54) is 29.5 Å². The summed E-state index contributed by atoms with van der Waals surface area (Å²) in [5, 5.41) is 3.41. The van der Waals surface area contributed by atoms with Crippen molar-refractivity contribution in [1.29, 1.82) is 0 Å². The van der Waals surface area contributed by atoms with Gasteiger partial charge in [0.1, 0.15) is 5.75 Å². The standard InChI is InChI=1S/C24H30N2O2/c1-28-22-9-8-20-16-23(19-5-3-2-4-6-19)26(17-21(20)15-22)24(27)10-7-18-11-13-25-14-12-18/h2-6,8-9,15,18,23,25H,7,10-14,16-17H2,1H3. The van der Waals surface area contributed by atoms with Crippen molar-refractivity contribution in [3.8, 4) is 5.75 Å². The first-order chi connectivity index (χ1) is 13.7. The minimum Gasteiger partial charge on any atom is -0.497 e. The molecule has 2 aliphatic heterocycles. The van der Waals surface area contributed by atoms with Crippen LogP contribution in [0.1, 0.15) is 48.4 Å². The molecule has 1 N–H and O–H groups in total. The van der Waals surface area contributed by atoms with Gasteiger partial charge in [-0.05, 0) is 73.5 Å². The van der Waals surface area contributed by atoms with Crippen molar-refractivity contribution in [1.82, 2.24) is 10.2 Å². The molecular weight excluding hydrogens is 348 g/mol. The first kappa shape index (κ1) is 19.0. The van der Waals surface area contributed by atoms with Crippen molar-refractivity contribution >= 4 is 5.91 Å². The smallest absolute Gasteiger partial charge is 0.223 e. The van der Waals surface area contributed by atoms with Crippen LogP contribution in [0.3, 0.4) is 0 Å². The number of nitrogens with one attached hydrogen (secondary N) is 1. The number of piperidine rings is 1. The molecule has 0 aromatic heterocycles. The largest absolute Gasteiger partial charge is 0.497 e. The van der Waals surface area contributed by atoms with Crippen LogP contribution in [-0.2, 0) is 17.8 Å². The summed E-state index contributed by atoms with van der Waals surface area (Å²) in [6.07, 6.45) is 4.89. The minimum atomic E-state index is 0.114. The van der Waals surface area contributed by atoms with E-state index >= 15 is 0 Å². The van der Waals surface area contributed by atoms with Crippen LogP contribution in [0.5, 0.6) is 5.75 Å². The van der Waals surface area contributed by atoms with Gasteiger partial charge in [0.05, 0.1) is 13.2 Å². The molecule has 2 aromatic rings. The van der Waals surface area contributed by atoms with Gasteiger partial charge in [0.25, 0.3) is 0 Å². The van der Waals surface area contributed by atoms with Crippen molar-refractivity contribution < 1.29 is 9.53 Å². The van der Waals surface area contributed by atoms with Crippen molar-refractivity contribution in [2.24, 2.45) is 5.92 Å². The highest BCUT2D eigenvalue weighted by molar-refractivity contribution is 5.77. The van der Waals surface area contributed by atoms with Crippen molar-refractivity contribution in [3.63, 3.8) is 0 Å². The maximum absolute atomic E-state index is 13.3. The van der Waals surface area contributed by atoms with Gasteiger partial charge in [0.2, 0.25) is 5.91 Å². The van der Waals surface area contributed by atoms with Gasteiger partial charge in [0.15, 0.2) is 0 Å². The lowest BCUT2D eigenvalue weighted by Crippen LogP contribution is -2.39. The molecule has 2 aliphatic rings. The first-order valence-corrected chi connectivity index (χ1v) is 10.5. The third kappa shape index (κ3) is 4.22. The Kier molecular flexibility index (Phi) is 5.96. The second kappa shape index (κ2) is 8.78. The number of benzene rings is 2. The highest BCUT2D eigenvalue weighted by Crippen LogP contribution is 2.35. The van der Waals surface area contributed by atoms with Crippen molar-refractivity contribution in [2.75, 3.05) is 20.2 Å². The monoisotopic (exact) mass is 378 g/mol. The van der Waals surface area contributed by atoms with Gasteiger partial charge in [-0.2, -0.15) is 0 Å². The summed E-state index contributed by atoms with van der Waals surface area (Å²) >= 11 is 0. The number of hydrogen-bond donors (Lipinski definition) is 1. The Bertz CT molecular complexity index is 800. The van der Waals surface area contributed by atoms with Crippen LogP contribution in [0.15, 0.2) is 48.5 Å². The lowest BCUT2D eigenvalue weighted by molar-refractivity contribution is -0.135. The van der Waals surface area contributed by atoms with E-state index in [0.29, 0.717) is 18.9 Å². The zero-order valence-corrected chi connectivity index (χ0v) is 16.7. The average molecular weight is 379 g/mol. The molecule has 0 radical (unpaired) electrons. The van der Waals surface area contributed by atoms with Gasteiger partial charge >= 0.3 is 0 Å². The molecule has 2 heterocycles. The van der Waals surface area contributed by atoms with Gasteiger partial charge in [-0.3, -0.25) is 4.79 Å². The molecule has 0 spiro atoms. The summed E-state index contributed by atoms with van der Waals surface area (Å²) in [5.41, 5.74) is 3.75. The van der Waals surface area contributed by atoms with Gasteiger partial charge in [-0.15, -0.1) is 0 Å². The molecule has 2 aromatic carbocycles. The summed E-state index contributed by atoms with van der Waals surface area (Å²) in [6, 6.07) is 16.8. The summed E-state index contributed by atoms with van der Waals surface area (Å²) in [6.45, 7) is 2.84. The Morgan fingerprint density at radius 1 is 1.11 bits per heavy atom.